The normalized spacial score (nSPS) is 10.6. The van der Waals surface area contributed by atoms with Crippen LogP contribution < -0.4 is 5.32 Å². The summed E-state index contributed by atoms with van der Waals surface area (Å²) in [7, 11) is 0. The van der Waals surface area contributed by atoms with Crippen molar-refractivity contribution in [2.45, 2.75) is 13.1 Å². The van der Waals surface area contributed by atoms with Crippen molar-refractivity contribution < 1.29 is 13.9 Å². The molecular formula is C14H13F2NO. The predicted octanol–water partition coefficient (Wildman–Crippen LogP) is 2.96. The fraction of sp³-hybridized carbons (Fsp3) is 0.143. The standard InChI is InChI=1S/C14H13F2NO/c15-12-6-11(7-13(16)14(12)18)9-17-8-10-4-2-1-3-5-10/h1-7,17-18H,8-9H2. The van der Waals surface area contributed by atoms with Crippen LogP contribution in [0.1, 0.15) is 11.1 Å². The van der Waals surface area contributed by atoms with E-state index in [9.17, 15) is 8.78 Å². The zero-order valence-corrected chi connectivity index (χ0v) is 9.66. The third kappa shape index (κ3) is 3.05. The van der Waals surface area contributed by atoms with E-state index in [-0.39, 0.29) is 0 Å². The smallest absolute Gasteiger partial charge is 0.187 e. The van der Waals surface area contributed by atoms with Crippen LogP contribution in [0.15, 0.2) is 42.5 Å². The van der Waals surface area contributed by atoms with Gasteiger partial charge < -0.3 is 10.4 Å². The van der Waals surface area contributed by atoms with Crippen LogP contribution in [0.4, 0.5) is 8.78 Å². The second-order valence-corrected chi connectivity index (χ2v) is 4.00. The number of nitrogens with one attached hydrogen (secondary N) is 1. The molecule has 0 saturated carbocycles. The van der Waals surface area contributed by atoms with Gasteiger partial charge in [0.15, 0.2) is 17.4 Å². The molecule has 0 aromatic heterocycles. The molecule has 94 valence electrons. The molecule has 0 bridgehead atoms. The number of hydrogen-bond acceptors (Lipinski definition) is 2. The van der Waals surface area contributed by atoms with Crippen LogP contribution in [-0.2, 0) is 13.1 Å². The second-order valence-electron chi connectivity index (χ2n) is 4.00. The van der Waals surface area contributed by atoms with Gasteiger partial charge in [0.05, 0.1) is 0 Å². The summed E-state index contributed by atoms with van der Waals surface area (Å²) < 4.78 is 26.1. The van der Waals surface area contributed by atoms with Gasteiger partial charge in [-0.15, -0.1) is 0 Å². The van der Waals surface area contributed by atoms with E-state index in [1.807, 2.05) is 30.3 Å². The lowest BCUT2D eigenvalue weighted by Crippen LogP contribution is -2.12. The summed E-state index contributed by atoms with van der Waals surface area (Å²) in [5.74, 6) is -2.81. The SMILES string of the molecule is Oc1c(F)cc(CNCc2ccccc2)cc1F. The number of halogens is 2. The Balaban J connectivity index is 1.95. The quantitative estimate of drug-likeness (QED) is 0.873. The number of rotatable bonds is 4. The summed E-state index contributed by atoms with van der Waals surface area (Å²) in [6.45, 7) is 0.952. The van der Waals surface area contributed by atoms with E-state index in [0.717, 1.165) is 17.7 Å². The minimum atomic E-state index is -0.938. The maximum atomic E-state index is 13.1. The molecule has 2 nitrogen and oxygen atoms in total. The van der Waals surface area contributed by atoms with Crippen molar-refractivity contribution in [1.82, 2.24) is 5.32 Å². The average Bonchev–Trinajstić information content (AvgIpc) is 2.37. The summed E-state index contributed by atoms with van der Waals surface area (Å²) in [5, 5.41) is 12.0. The lowest BCUT2D eigenvalue weighted by atomic mass is 10.2. The van der Waals surface area contributed by atoms with Gasteiger partial charge in [0.25, 0.3) is 0 Å². The Kier molecular flexibility index (Phi) is 3.89. The minimum Gasteiger partial charge on any atom is -0.503 e. The summed E-state index contributed by atoms with van der Waals surface area (Å²) in [5.41, 5.74) is 1.55. The highest BCUT2D eigenvalue weighted by Gasteiger charge is 2.08. The molecule has 0 atom stereocenters. The van der Waals surface area contributed by atoms with Crippen LogP contribution in [0, 0.1) is 11.6 Å². The molecule has 2 aromatic rings. The van der Waals surface area contributed by atoms with Gasteiger partial charge in [-0.1, -0.05) is 30.3 Å². The Morgan fingerprint density at radius 1 is 0.889 bits per heavy atom. The predicted molar refractivity (Wildman–Crippen MR) is 65.0 cm³/mol. The van der Waals surface area contributed by atoms with Gasteiger partial charge in [-0.3, -0.25) is 0 Å². The zero-order valence-electron chi connectivity index (χ0n) is 9.66. The summed E-state index contributed by atoms with van der Waals surface area (Å²) in [4.78, 5) is 0. The number of phenols is 1. The topological polar surface area (TPSA) is 32.3 Å². The van der Waals surface area contributed by atoms with Crippen molar-refractivity contribution in [2.75, 3.05) is 0 Å². The van der Waals surface area contributed by atoms with Gasteiger partial charge in [0, 0.05) is 13.1 Å². The van der Waals surface area contributed by atoms with Gasteiger partial charge >= 0.3 is 0 Å². The molecular weight excluding hydrogens is 236 g/mol. The van der Waals surface area contributed by atoms with Crippen LogP contribution >= 0.6 is 0 Å². The molecule has 0 spiro atoms. The van der Waals surface area contributed by atoms with Crippen molar-refractivity contribution in [3.05, 3.63) is 65.2 Å². The van der Waals surface area contributed by atoms with E-state index in [2.05, 4.69) is 5.32 Å². The van der Waals surface area contributed by atoms with Gasteiger partial charge in [0.1, 0.15) is 0 Å². The van der Waals surface area contributed by atoms with Crippen molar-refractivity contribution in [3.63, 3.8) is 0 Å². The van der Waals surface area contributed by atoms with Crippen molar-refractivity contribution in [3.8, 4) is 5.75 Å². The Morgan fingerprint density at radius 3 is 2.06 bits per heavy atom. The molecule has 0 aliphatic rings. The van der Waals surface area contributed by atoms with Crippen LogP contribution in [-0.4, -0.2) is 5.11 Å². The average molecular weight is 249 g/mol. The Hall–Kier alpha value is -1.94. The second kappa shape index (κ2) is 5.60. The zero-order chi connectivity index (χ0) is 13.0. The molecule has 0 aliphatic heterocycles. The summed E-state index contributed by atoms with van der Waals surface area (Å²) in [6.07, 6.45) is 0. The molecule has 0 saturated heterocycles. The number of phenolic OH excluding ortho intramolecular Hbond substituents is 1. The van der Waals surface area contributed by atoms with Crippen molar-refractivity contribution >= 4 is 0 Å². The van der Waals surface area contributed by atoms with Gasteiger partial charge in [0.2, 0.25) is 0 Å². The summed E-state index contributed by atoms with van der Waals surface area (Å²) >= 11 is 0. The lowest BCUT2D eigenvalue weighted by Gasteiger charge is -2.06. The molecule has 0 heterocycles. The molecule has 2 N–H and O–H groups in total. The molecule has 0 amide bonds. The highest BCUT2D eigenvalue weighted by atomic mass is 19.1. The minimum absolute atomic E-state index is 0.336. The molecule has 0 fully saturated rings. The molecule has 0 unspecified atom stereocenters. The molecule has 2 rings (SSSR count). The Bertz CT molecular complexity index is 506. The van der Waals surface area contributed by atoms with Gasteiger partial charge in [-0.2, -0.15) is 0 Å². The van der Waals surface area contributed by atoms with Crippen LogP contribution in [0.2, 0.25) is 0 Å². The van der Waals surface area contributed by atoms with Gasteiger partial charge in [-0.25, -0.2) is 8.78 Å². The van der Waals surface area contributed by atoms with E-state index in [1.165, 1.54) is 0 Å². The highest BCUT2D eigenvalue weighted by Crippen LogP contribution is 2.21. The maximum absolute atomic E-state index is 13.1. The van der Waals surface area contributed by atoms with Gasteiger partial charge in [-0.05, 0) is 23.3 Å². The van der Waals surface area contributed by atoms with E-state index in [1.54, 1.807) is 0 Å². The largest absolute Gasteiger partial charge is 0.503 e. The first-order chi connectivity index (χ1) is 8.66. The monoisotopic (exact) mass is 249 g/mol. The third-order valence-electron chi connectivity index (χ3n) is 2.58. The number of hydrogen-bond donors (Lipinski definition) is 2. The van der Waals surface area contributed by atoms with E-state index >= 15 is 0 Å². The fourth-order valence-corrected chi connectivity index (χ4v) is 1.67. The summed E-state index contributed by atoms with van der Waals surface area (Å²) in [6, 6.07) is 11.9. The first-order valence-corrected chi connectivity index (χ1v) is 5.58. The van der Waals surface area contributed by atoms with E-state index < -0.39 is 17.4 Å². The molecule has 0 radical (unpaired) electrons. The van der Waals surface area contributed by atoms with E-state index in [4.69, 9.17) is 5.11 Å². The maximum Gasteiger partial charge on any atom is 0.187 e. The first kappa shape index (κ1) is 12.5. The van der Waals surface area contributed by atoms with Crippen LogP contribution in [0.3, 0.4) is 0 Å². The fourth-order valence-electron chi connectivity index (χ4n) is 1.67. The highest BCUT2D eigenvalue weighted by molar-refractivity contribution is 5.30. The number of aromatic hydroxyl groups is 1. The van der Waals surface area contributed by atoms with Crippen molar-refractivity contribution in [2.24, 2.45) is 0 Å². The molecule has 2 aromatic carbocycles. The van der Waals surface area contributed by atoms with Crippen molar-refractivity contribution in [1.29, 1.82) is 0 Å². The molecule has 18 heavy (non-hydrogen) atoms. The number of benzene rings is 2. The van der Waals surface area contributed by atoms with Crippen LogP contribution in [0.25, 0.3) is 0 Å². The van der Waals surface area contributed by atoms with E-state index in [0.29, 0.717) is 18.7 Å². The van der Waals surface area contributed by atoms with Crippen LogP contribution in [0.5, 0.6) is 5.75 Å². The first-order valence-electron chi connectivity index (χ1n) is 5.58. The molecule has 0 aliphatic carbocycles. The molecule has 4 heteroatoms. The Morgan fingerprint density at radius 2 is 1.44 bits per heavy atom. The Labute approximate surface area is 104 Å². The lowest BCUT2D eigenvalue weighted by molar-refractivity contribution is 0.395. The third-order valence-corrected chi connectivity index (χ3v) is 2.58.